The molecule has 4 nitrogen and oxygen atoms in total. The van der Waals surface area contributed by atoms with E-state index in [1.54, 1.807) is 0 Å². The molecule has 1 N–H and O–H groups in total. The Kier molecular flexibility index (Phi) is 4.96. The fourth-order valence-electron chi connectivity index (χ4n) is 2.09. The molecule has 1 aliphatic rings. The van der Waals surface area contributed by atoms with Gasteiger partial charge in [-0.15, -0.1) is 0 Å². The number of aliphatic hydroxyl groups is 1. The molecule has 5 heteroatoms. The van der Waals surface area contributed by atoms with Crippen molar-refractivity contribution in [2.75, 3.05) is 39.3 Å². The molecule has 0 bridgehead atoms. The first-order valence-corrected chi connectivity index (χ1v) is 7.16. The van der Waals surface area contributed by atoms with Gasteiger partial charge in [0, 0.05) is 41.9 Å². The molecule has 0 saturated carbocycles. The minimum atomic E-state index is 0.107. The van der Waals surface area contributed by atoms with E-state index in [-0.39, 0.29) is 12.5 Å². The first-order chi connectivity index (χ1) is 8.70. The number of piperazine rings is 1. The van der Waals surface area contributed by atoms with E-state index in [4.69, 9.17) is 5.11 Å². The Balaban J connectivity index is 1.93. The average Bonchev–Trinajstić information content (AvgIpc) is 2.40. The third kappa shape index (κ3) is 3.43. The normalized spacial score (nSPS) is 16.9. The Hall–Kier alpha value is -0.660. The van der Waals surface area contributed by atoms with E-state index in [1.165, 1.54) is 0 Å². The first-order valence-electron chi connectivity index (χ1n) is 6.09. The molecule has 0 aliphatic carbocycles. The maximum absolute atomic E-state index is 12.2. The first kappa shape index (κ1) is 13.8. The molecular formula is C13H17IN2O2. The lowest BCUT2D eigenvalue weighted by molar-refractivity contribution is 0.0615. The zero-order chi connectivity index (χ0) is 13.0. The minimum Gasteiger partial charge on any atom is -0.395 e. The number of hydrogen-bond acceptors (Lipinski definition) is 3. The van der Waals surface area contributed by atoms with E-state index in [0.29, 0.717) is 6.54 Å². The SMILES string of the molecule is O=C(c1ccc(I)cc1)N1CCN(CCO)CC1. The fourth-order valence-corrected chi connectivity index (χ4v) is 2.45. The monoisotopic (exact) mass is 360 g/mol. The topological polar surface area (TPSA) is 43.8 Å². The van der Waals surface area contributed by atoms with Gasteiger partial charge in [0.05, 0.1) is 6.61 Å². The highest BCUT2D eigenvalue weighted by atomic mass is 127. The van der Waals surface area contributed by atoms with Crippen molar-refractivity contribution in [3.63, 3.8) is 0 Å². The lowest BCUT2D eigenvalue weighted by atomic mass is 10.2. The van der Waals surface area contributed by atoms with Gasteiger partial charge >= 0.3 is 0 Å². The van der Waals surface area contributed by atoms with Crippen LogP contribution in [0.25, 0.3) is 0 Å². The van der Waals surface area contributed by atoms with Crippen LogP contribution in [-0.4, -0.2) is 60.1 Å². The van der Waals surface area contributed by atoms with Crippen molar-refractivity contribution >= 4 is 28.5 Å². The van der Waals surface area contributed by atoms with Crippen molar-refractivity contribution in [2.24, 2.45) is 0 Å². The van der Waals surface area contributed by atoms with E-state index < -0.39 is 0 Å². The third-order valence-corrected chi connectivity index (χ3v) is 3.89. The van der Waals surface area contributed by atoms with Crippen LogP contribution in [0.2, 0.25) is 0 Å². The van der Waals surface area contributed by atoms with Gasteiger partial charge in [0.1, 0.15) is 0 Å². The van der Waals surface area contributed by atoms with Crippen LogP contribution < -0.4 is 0 Å². The molecule has 1 aliphatic heterocycles. The molecule has 0 atom stereocenters. The van der Waals surface area contributed by atoms with Crippen LogP contribution in [0.5, 0.6) is 0 Å². The molecule has 0 spiro atoms. The molecule has 0 radical (unpaired) electrons. The third-order valence-electron chi connectivity index (χ3n) is 3.17. The minimum absolute atomic E-state index is 0.107. The summed E-state index contributed by atoms with van der Waals surface area (Å²) >= 11 is 2.23. The summed E-state index contributed by atoms with van der Waals surface area (Å²) in [7, 11) is 0. The number of nitrogens with zero attached hydrogens (tertiary/aromatic N) is 2. The second kappa shape index (κ2) is 6.49. The number of rotatable bonds is 3. The zero-order valence-electron chi connectivity index (χ0n) is 10.2. The summed E-state index contributed by atoms with van der Waals surface area (Å²) in [5.74, 6) is 0.107. The van der Waals surface area contributed by atoms with Crippen molar-refractivity contribution in [1.82, 2.24) is 9.80 Å². The van der Waals surface area contributed by atoms with E-state index in [1.807, 2.05) is 29.2 Å². The van der Waals surface area contributed by atoms with Gasteiger partial charge < -0.3 is 10.0 Å². The fraction of sp³-hybridized carbons (Fsp3) is 0.462. The number of aliphatic hydroxyl groups excluding tert-OH is 1. The van der Waals surface area contributed by atoms with Gasteiger partial charge in [-0.2, -0.15) is 0 Å². The second-order valence-electron chi connectivity index (χ2n) is 4.36. The lowest BCUT2D eigenvalue weighted by Crippen LogP contribution is -2.49. The molecule has 0 unspecified atom stereocenters. The Morgan fingerprint density at radius 2 is 1.78 bits per heavy atom. The Bertz CT molecular complexity index is 400. The molecule has 18 heavy (non-hydrogen) atoms. The number of amides is 1. The van der Waals surface area contributed by atoms with E-state index in [0.717, 1.165) is 35.3 Å². The Labute approximate surface area is 121 Å². The second-order valence-corrected chi connectivity index (χ2v) is 5.61. The van der Waals surface area contributed by atoms with Crippen LogP contribution in [0.15, 0.2) is 24.3 Å². The molecule has 1 aromatic rings. The van der Waals surface area contributed by atoms with Crippen molar-refractivity contribution in [2.45, 2.75) is 0 Å². The Morgan fingerprint density at radius 3 is 2.33 bits per heavy atom. The zero-order valence-corrected chi connectivity index (χ0v) is 12.3. The van der Waals surface area contributed by atoms with Gasteiger partial charge in [0.2, 0.25) is 0 Å². The smallest absolute Gasteiger partial charge is 0.253 e. The van der Waals surface area contributed by atoms with Crippen LogP contribution in [0, 0.1) is 3.57 Å². The number of β-amino-alcohol motifs (C(OH)–C–C–N with tert-alkyl or cyclic N) is 1. The van der Waals surface area contributed by atoms with Crippen LogP contribution in [0.4, 0.5) is 0 Å². The summed E-state index contributed by atoms with van der Waals surface area (Å²) in [6.45, 7) is 4.06. The number of benzene rings is 1. The summed E-state index contributed by atoms with van der Waals surface area (Å²) in [6, 6.07) is 7.67. The average molecular weight is 360 g/mol. The van der Waals surface area contributed by atoms with Gasteiger partial charge in [0.15, 0.2) is 0 Å². The largest absolute Gasteiger partial charge is 0.395 e. The number of halogens is 1. The molecule has 98 valence electrons. The van der Waals surface area contributed by atoms with Crippen molar-refractivity contribution in [3.8, 4) is 0 Å². The maximum atomic E-state index is 12.2. The molecule has 1 heterocycles. The highest BCUT2D eigenvalue weighted by molar-refractivity contribution is 14.1. The van der Waals surface area contributed by atoms with Gasteiger partial charge in [-0.1, -0.05) is 0 Å². The van der Waals surface area contributed by atoms with E-state index in [9.17, 15) is 4.79 Å². The highest BCUT2D eigenvalue weighted by Crippen LogP contribution is 2.11. The molecule has 1 amide bonds. The predicted octanol–water partition coefficient (Wildman–Crippen LogP) is 1.04. The summed E-state index contributed by atoms with van der Waals surface area (Å²) in [6.07, 6.45) is 0. The van der Waals surface area contributed by atoms with Gasteiger partial charge in [-0.3, -0.25) is 9.69 Å². The number of hydrogen-bond donors (Lipinski definition) is 1. The van der Waals surface area contributed by atoms with Crippen LogP contribution >= 0.6 is 22.6 Å². The molecular weight excluding hydrogens is 343 g/mol. The molecule has 1 aromatic carbocycles. The van der Waals surface area contributed by atoms with Crippen molar-refractivity contribution in [3.05, 3.63) is 33.4 Å². The van der Waals surface area contributed by atoms with Crippen LogP contribution in [-0.2, 0) is 0 Å². The van der Waals surface area contributed by atoms with Crippen molar-refractivity contribution in [1.29, 1.82) is 0 Å². The highest BCUT2D eigenvalue weighted by Gasteiger charge is 2.21. The van der Waals surface area contributed by atoms with E-state index in [2.05, 4.69) is 27.5 Å². The predicted molar refractivity (Wildman–Crippen MR) is 78.6 cm³/mol. The molecule has 0 aromatic heterocycles. The van der Waals surface area contributed by atoms with E-state index >= 15 is 0 Å². The number of carbonyl (C=O) groups excluding carboxylic acids is 1. The summed E-state index contributed by atoms with van der Waals surface area (Å²) in [5.41, 5.74) is 0.756. The summed E-state index contributed by atoms with van der Waals surface area (Å²) < 4.78 is 1.14. The van der Waals surface area contributed by atoms with Gasteiger partial charge in [0.25, 0.3) is 5.91 Å². The number of carbonyl (C=O) groups is 1. The molecule has 2 rings (SSSR count). The Morgan fingerprint density at radius 1 is 1.17 bits per heavy atom. The summed E-state index contributed by atoms with van der Waals surface area (Å²) in [5, 5.41) is 8.87. The lowest BCUT2D eigenvalue weighted by Gasteiger charge is -2.34. The maximum Gasteiger partial charge on any atom is 0.253 e. The van der Waals surface area contributed by atoms with Crippen LogP contribution in [0.1, 0.15) is 10.4 Å². The molecule has 1 fully saturated rings. The van der Waals surface area contributed by atoms with Gasteiger partial charge in [-0.25, -0.2) is 0 Å². The van der Waals surface area contributed by atoms with Gasteiger partial charge in [-0.05, 0) is 46.9 Å². The van der Waals surface area contributed by atoms with Crippen molar-refractivity contribution < 1.29 is 9.90 Å². The summed E-state index contributed by atoms with van der Waals surface area (Å²) in [4.78, 5) is 16.3. The molecule has 1 saturated heterocycles. The van der Waals surface area contributed by atoms with Crippen LogP contribution in [0.3, 0.4) is 0 Å². The quantitative estimate of drug-likeness (QED) is 0.820. The standard InChI is InChI=1S/C13H17IN2O2/c14-12-3-1-11(2-4-12)13(18)16-7-5-15(6-8-16)9-10-17/h1-4,17H,5-10H2.